The van der Waals surface area contributed by atoms with E-state index < -0.39 is 5.41 Å². The molecule has 0 unspecified atom stereocenters. The summed E-state index contributed by atoms with van der Waals surface area (Å²) in [6.45, 7) is 0. The van der Waals surface area contributed by atoms with Crippen LogP contribution < -0.4 is 9.64 Å². The summed E-state index contributed by atoms with van der Waals surface area (Å²) in [6, 6.07) is 77.9. The van der Waals surface area contributed by atoms with Gasteiger partial charge in [-0.25, -0.2) is 0 Å². The second kappa shape index (κ2) is 12.8. The lowest BCUT2D eigenvalue weighted by atomic mass is 9.65. The summed E-state index contributed by atoms with van der Waals surface area (Å²) in [5.74, 6) is 1.86. The maximum Gasteiger partial charge on any atom is 0.140 e. The van der Waals surface area contributed by atoms with Gasteiger partial charge in [-0.05, 0) is 80.6 Å². The predicted octanol–water partition coefficient (Wildman–Crippen LogP) is 16.0. The minimum Gasteiger partial charge on any atom is -0.455 e. The largest absolute Gasteiger partial charge is 0.455 e. The van der Waals surface area contributed by atoms with Gasteiger partial charge < -0.3 is 9.64 Å². The predicted molar refractivity (Wildman–Crippen MR) is 252 cm³/mol. The van der Waals surface area contributed by atoms with Gasteiger partial charge in [-0.3, -0.25) is 0 Å². The zero-order valence-electron chi connectivity index (χ0n) is 32.5. The van der Waals surface area contributed by atoms with Crippen molar-refractivity contribution in [3.05, 3.63) is 235 Å². The van der Waals surface area contributed by atoms with Gasteiger partial charge in [-0.15, -0.1) is 11.3 Å². The summed E-state index contributed by atoms with van der Waals surface area (Å²) in [5, 5.41) is 7.16. The van der Waals surface area contributed by atoms with Crippen molar-refractivity contribution >= 4 is 70.1 Å². The molecular weight excluding hydrogens is 747 g/mol. The fraction of sp³-hybridized carbons (Fsp3) is 0.0175. The van der Waals surface area contributed by atoms with Crippen molar-refractivity contribution < 1.29 is 4.74 Å². The van der Waals surface area contributed by atoms with Crippen molar-refractivity contribution in [1.82, 2.24) is 0 Å². The summed E-state index contributed by atoms with van der Waals surface area (Å²) in [4.78, 5) is 2.43. The standard InChI is InChI=1S/C57H35NOS/c1-2-18-39(19-3-1)58(51-29-14-26-45-44-23-9-11-30-52(44)60-56(45)51)40-20-12-17-38(35-40)41-25-13-28-48-53(41)46-24-8-10-27-47(46)57(48)49-33-31-36-15-4-6-21-42(36)54(49)59-55-43-22-7-5-16-37(43)32-34-50(55)57/h1-35H. The Kier molecular flexibility index (Phi) is 7.13. The van der Waals surface area contributed by atoms with Crippen LogP contribution in [0.1, 0.15) is 22.3 Å². The lowest BCUT2D eigenvalue weighted by Gasteiger charge is -2.40. The van der Waals surface area contributed by atoms with Crippen molar-refractivity contribution in [3.63, 3.8) is 0 Å². The first-order valence-electron chi connectivity index (χ1n) is 20.6. The molecule has 0 N–H and O–H groups in total. The summed E-state index contributed by atoms with van der Waals surface area (Å²) >= 11 is 1.87. The monoisotopic (exact) mass is 781 g/mol. The number of fused-ring (bicyclic) bond motifs is 16. The molecule has 10 aromatic carbocycles. The van der Waals surface area contributed by atoms with Crippen LogP contribution in [0.15, 0.2) is 212 Å². The third kappa shape index (κ3) is 4.58. The molecular formula is C57H35NOS. The molecule has 1 spiro atoms. The number of para-hydroxylation sites is 1. The van der Waals surface area contributed by atoms with E-state index in [0.717, 1.165) is 33.6 Å². The number of anilines is 3. The fourth-order valence-corrected chi connectivity index (χ4v) is 11.6. The van der Waals surface area contributed by atoms with Gasteiger partial charge in [0.2, 0.25) is 0 Å². The first kappa shape index (κ1) is 33.5. The SMILES string of the molecule is c1ccc(N(c2cccc(-c3cccc4c3-c3ccccc3C43c4ccc5ccccc5c4Oc4c3ccc3ccccc43)c2)c2cccc3c2sc2ccccc23)cc1. The number of hydrogen-bond donors (Lipinski definition) is 0. The molecule has 0 atom stereocenters. The van der Waals surface area contributed by atoms with E-state index >= 15 is 0 Å². The van der Waals surface area contributed by atoms with E-state index in [1.165, 1.54) is 81.1 Å². The van der Waals surface area contributed by atoms with Crippen LogP contribution in [0.2, 0.25) is 0 Å². The summed E-state index contributed by atoms with van der Waals surface area (Å²) < 4.78 is 9.78. The van der Waals surface area contributed by atoms with E-state index in [9.17, 15) is 0 Å². The Hall–Kier alpha value is -7.46. The van der Waals surface area contributed by atoms with Gasteiger partial charge in [0.25, 0.3) is 0 Å². The van der Waals surface area contributed by atoms with Crippen molar-refractivity contribution in [1.29, 1.82) is 0 Å². The molecule has 13 rings (SSSR count). The van der Waals surface area contributed by atoms with Gasteiger partial charge in [-0.1, -0.05) is 176 Å². The highest BCUT2D eigenvalue weighted by Crippen LogP contribution is 2.65. The van der Waals surface area contributed by atoms with Gasteiger partial charge >= 0.3 is 0 Å². The van der Waals surface area contributed by atoms with Crippen molar-refractivity contribution in [2.75, 3.05) is 4.90 Å². The number of rotatable bonds is 4. The zero-order valence-corrected chi connectivity index (χ0v) is 33.3. The van der Waals surface area contributed by atoms with E-state index in [-0.39, 0.29) is 0 Å². The Morgan fingerprint density at radius 2 is 0.983 bits per heavy atom. The molecule has 3 heteroatoms. The lowest BCUT2D eigenvalue weighted by molar-refractivity contribution is 0.447. The quantitative estimate of drug-likeness (QED) is 0.176. The molecule has 60 heavy (non-hydrogen) atoms. The highest BCUT2D eigenvalue weighted by molar-refractivity contribution is 7.26. The molecule has 1 aliphatic heterocycles. The molecule has 2 aliphatic rings. The number of nitrogens with zero attached hydrogens (tertiary/aromatic N) is 1. The Labute approximate surface area is 351 Å². The average Bonchev–Trinajstić information content (AvgIpc) is 3.84. The van der Waals surface area contributed by atoms with Crippen LogP contribution in [0.3, 0.4) is 0 Å². The molecule has 0 radical (unpaired) electrons. The molecule has 280 valence electrons. The smallest absolute Gasteiger partial charge is 0.140 e. The summed E-state index contributed by atoms with van der Waals surface area (Å²) in [5.41, 5.74) is 12.6. The number of ether oxygens (including phenoxy) is 1. The Morgan fingerprint density at radius 3 is 1.77 bits per heavy atom. The van der Waals surface area contributed by atoms with Crippen LogP contribution in [0.25, 0.3) is 64.0 Å². The van der Waals surface area contributed by atoms with Gasteiger partial charge in [0.05, 0.1) is 15.8 Å². The van der Waals surface area contributed by atoms with E-state index in [4.69, 9.17) is 4.74 Å². The van der Waals surface area contributed by atoms with Crippen LogP contribution in [-0.4, -0.2) is 0 Å². The highest BCUT2D eigenvalue weighted by atomic mass is 32.1. The van der Waals surface area contributed by atoms with E-state index in [1.807, 2.05) is 11.3 Å². The highest BCUT2D eigenvalue weighted by Gasteiger charge is 2.52. The van der Waals surface area contributed by atoms with E-state index in [2.05, 4.69) is 217 Å². The van der Waals surface area contributed by atoms with Crippen LogP contribution in [0, 0.1) is 0 Å². The molecule has 0 bridgehead atoms. The fourth-order valence-electron chi connectivity index (χ4n) is 10.4. The van der Waals surface area contributed by atoms with Gasteiger partial charge in [0.15, 0.2) is 0 Å². The van der Waals surface area contributed by atoms with Crippen LogP contribution in [0.5, 0.6) is 11.5 Å². The maximum absolute atomic E-state index is 7.21. The Morgan fingerprint density at radius 1 is 0.400 bits per heavy atom. The van der Waals surface area contributed by atoms with Crippen molar-refractivity contribution in [2.24, 2.45) is 0 Å². The molecule has 0 amide bonds. The van der Waals surface area contributed by atoms with Gasteiger partial charge in [-0.2, -0.15) is 0 Å². The first-order valence-corrected chi connectivity index (χ1v) is 21.4. The van der Waals surface area contributed by atoms with Gasteiger partial charge in [0.1, 0.15) is 11.5 Å². The van der Waals surface area contributed by atoms with Crippen LogP contribution in [-0.2, 0) is 5.41 Å². The van der Waals surface area contributed by atoms with Crippen LogP contribution >= 0.6 is 11.3 Å². The molecule has 0 saturated heterocycles. The average molecular weight is 782 g/mol. The number of hydrogen-bond acceptors (Lipinski definition) is 3. The van der Waals surface area contributed by atoms with Crippen LogP contribution in [0.4, 0.5) is 17.1 Å². The maximum atomic E-state index is 7.21. The molecule has 1 aliphatic carbocycles. The lowest BCUT2D eigenvalue weighted by Crippen LogP contribution is -2.32. The van der Waals surface area contributed by atoms with Crippen molar-refractivity contribution in [2.45, 2.75) is 5.41 Å². The minimum absolute atomic E-state index is 0.608. The third-order valence-corrected chi connectivity index (χ3v) is 14.1. The number of benzene rings is 10. The zero-order chi connectivity index (χ0) is 39.4. The minimum atomic E-state index is -0.608. The van der Waals surface area contributed by atoms with E-state index in [0.29, 0.717) is 0 Å². The Bertz CT molecular complexity index is 3460. The summed E-state index contributed by atoms with van der Waals surface area (Å²) in [7, 11) is 0. The first-order chi connectivity index (χ1) is 29.8. The number of thiophene rings is 1. The third-order valence-electron chi connectivity index (χ3n) is 12.9. The second-order valence-electron chi connectivity index (χ2n) is 15.9. The molecule has 1 aromatic heterocycles. The molecule has 11 aromatic rings. The normalized spacial score (nSPS) is 13.3. The topological polar surface area (TPSA) is 12.5 Å². The second-order valence-corrected chi connectivity index (χ2v) is 17.0. The Balaban J connectivity index is 1.07. The summed E-state index contributed by atoms with van der Waals surface area (Å²) in [6.07, 6.45) is 0. The molecule has 2 nitrogen and oxygen atoms in total. The molecule has 0 fully saturated rings. The van der Waals surface area contributed by atoms with E-state index in [1.54, 1.807) is 0 Å². The van der Waals surface area contributed by atoms with Crippen molar-refractivity contribution in [3.8, 4) is 33.8 Å². The van der Waals surface area contributed by atoms with Gasteiger partial charge in [0, 0.05) is 48.7 Å². The molecule has 0 saturated carbocycles. The molecule has 2 heterocycles.